The van der Waals surface area contributed by atoms with Crippen LogP contribution in [0.4, 0.5) is 10.5 Å². The lowest BCUT2D eigenvalue weighted by atomic mass is 10.1. The third-order valence-corrected chi connectivity index (χ3v) is 7.53. The zero-order valence-electron chi connectivity index (χ0n) is 19.5. The molecule has 0 aromatic heterocycles. The fourth-order valence-corrected chi connectivity index (χ4v) is 4.92. The van der Waals surface area contributed by atoms with Crippen molar-refractivity contribution in [2.45, 2.75) is 63.5 Å². The van der Waals surface area contributed by atoms with E-state index in [1.165, 1.54) is 10.8 Å². The Bertz CT molecular complexity index is 856. The van der Waals surface area contributed by atoms with E-state index in [4.69, 9.17) is 21.1 Å². The molecule has 2 atom stereocenters. The van der Waals surface area contributed by atoms with Crippen molar-refractivity contribution in [2.24, 2.45) is 10.8 Å². The standard InChI is InChI=1S/C21H32N6O5S2/c1-21(2,3)34-33-13-17(18(28)24-11-5-4-6-16(22)19(29)30)25-20(31)32-12-14-7-9-15(10-8-14)26-27-23/h7-10,16-17H,4-6,11-13,22H2,1-3H3,(H,24,28)(H,25,31)(H,29,30). The lowest BCUT2D eigenvalue weighted by Gasteiger charge is -2.21. The highest BCUT2D eigenvalue weighted by molar-refractivity contribution is 8.77. The molecule has 0 saturated heterocycles. The number of carbonyl (C=O) groups excluding carboxylic acids is 2. The van der Waals surface area contributed by atoms with Gasteiger partial charge in [0.2, 0.25) is 5.91 Å². The molecule has 13 heteroatoms. The Morgan fingerprint density at radius 2 is 1.91 bits per heavy atom. The molecule has 0 aliphatic rings. The Morgan fingerprint density at radius 1 is 1.24 bits per heavy atom. The molecule has 34 heavy (non-hydrogen) atoms. The zero-order valence-corrected chi connectivity index (χ0v) is 21.2. The van der Waals surface area contributed by atoms with Gasteiger partial charge in [0.1, 0.15) is 18.7 Å². The fourth-order valence-electron chi connectivity index (χ4n) is 2.45. The topological polar surface area (TPSA) is 180 Å². The van der Waals surface area contributed by atoms with Crippen LogP contribution in [-0.4, -0.2) is 52.2 Å². The number of hydrogen-bond donors (Lipinski definition) is 4. The maximum absolute atomic E-state index is 12.7. The van der Waals surface area contributed by atoms with Gasteiger partial charge in [-0.1, -0.05) is 71.7 Å². The second-order valence-corrected chi connectivity index (χ2v) is 11.5. The van der Waals surface area contributed by atoms with E-state index in [0.29, 0.717) is 42.8 Å². The molecule has 0 heterocycles. The average Bonchev–Trinajstić information content (AvgIpc) is 2.76. The van der Waals surface area contributed by atoms with Crippen molar-refractivity contribution in [3.63, 3.8) is 0 Å². The first-order valence-electron chi connectivity index (χ1n) is 10.7. The largest absolute Gasteiger partial charge is 0.480 e. The molecular weight excluding hydrogens is 480 g/mol. The van der Waals surface area contributed by atoms with Crippen molar-refractivity contribution in [3.05, 3.63) is 40.3 Å². The number of nitrogens with two attached hydrogens (primary N) is 1. The minimum absolute atomic E-state index is 0.00949. The van der Waals surface area contributed by atoms with Crippen molar-refractivity contribution in [1.82, 2.24) is 10.6 Å². The molecule has 0 fully saturated rings. The van der Waals surface area contributed by atoms with Crippen LogP contribution in [0.2, 0.25) is 0 Å². The number of azide groups is 1. The first-order chi connectivity index (χ1) is 16.0. The van der Waals surface area contributed by atoms with Crippen LogP contribution in [0, 0.1) is 0 Å². The summed E-state index contributed by atoms with van der Waals surface area (Å²) < 4.78 is 5.21. The lowest BCUT2D eigenvalue weighted by molar-refractivity contribution is -0.138. The number of hydrogen-bond acceptors (Lipinski definition) is 8. The fraction of sp³-hybridized carbons (Fsp3) is 0.571. The van der Waals surface area contributed by atoms with Gasteiger partial charge in [0.15, 0.2) is 0 Å². The quantitative estimate of drug-likeness (QED) is 0.0945. The van der Waals surface area contributed by atoms with Crippen LogP contribution in [0.15, 0.2) is 29.4 Å². The number of benzene rings is 1. The summed E-state index contributed by atoms with van der Waals surface area (Å²) in [6.07, 6.45) is 0.717. The normalized spacial score (nSPS) is 12.7. The molecule has 1 aromatic rings. The first kappa shape index (κ1) is 29.4. The number of carboxylic acid groups (broad SMARTS) is 1. The van der Waals surface area contributed by atoms with Crippen LogP contribution in [-0.2, 0) is 20.9 Å². The van der Waals surface area contributed by atoms with Gasteiger partial charge in [-0.2, -0.15) is 0 Å². The summed E-state index contributed by atoms with van der Waals surface area (Å²) in [4.78, 5) is 38.4. The molecule has 11 nitrogen and oxygen atoms in total. The lowest BCUT2D eigenvalue weighted by Crippen LogP contribution is -2.48. The predicted octanol–water partition coefficient (Wildman–Crippen LogP) is 4.10. The van der Waals surface area contributed by atoms with Gasteiger partial charge < -0.3 is 26.2 Å². The van der Waals surface area contributed by atoms with E-state index in [1.807, 2.05) is 0 Å². The Labute approximate surface area is 207 Å². The molecule has 0 spiro atoms. The van der Waals surface area contributed by atoms with E-state index in [1.54, 1.807) is 35.1 Å². The monoisotopic (exact) mass is 512 g/mol. The average molecular weight is 513 g/mol. The summed E-state index contributed by atoms with van der Waals surface area (Å²) >= 11 is 0. The third-order valence-electron chi connectivity index (χ3n) is 4.18. The number of amides is 2. The predicted molar refractivity (Wildman–Crippen MR) is 135 cm³/mol. The van der Waals surface area contributed by atoms with Crippen molar-refractivity contribution in [2.75, 3.05) is 12.3 Å². The number of unbranched alkanes of at least 4 members (excludes halogenated alkanes) is 1. The van der Waals surface area contributed by atoms with Crippen LogP contribution in [0.25, 0.3) is 10.4 Å². The van der Waals surface area contributed by atoms with E-state index >= 15 is 0 Å². The van der Waals surface area contributed by atoms with E-state index < -0.39 is 24.1 Å². The van der Waals surface area contributed by atoms with Gasteiger partial charge in [0, 0.05) is 27.6 Å². The highest BCUT2D eigenvalue weighted by atomic mass is 33.1. The Hall–Kier alpha value is -2.60. The molecule has 1 aromatic carbocycles. The van der Waals surface area contributed by atoms with Crippen molar-refractivity contribution >= 4 is 45.2 Å². The van der Waals surface area contributed by atoms with Crippen LogP contribution < -0.4 is 16.4 Å². The van der Waals surface area contributed by atoms with Gasteiger partial charge >= 0.3 is 12.1 Å². The number of rotatable bonds is 14. The molecule has 188 valence electrons. The summed E-state index contributed by atoms with van der Waals surface area (Å²) in [5.74, 6) is -1.06. The van der Waals surface area contributed by atoms with Crippen molar-refractivity contribution in [1.29, 1.82) is 0 Å². The second-order valence-electron chi connectivity index (χ2n) is 8.34. The Morgan fingerprint density at radius 3 is 2.50 bits per heavy atom. The zero-order chi connectivity index (χ0) is 25.6. The molecular formula is C21H32N6O5S2. The number of carboxylic acids is 1. The summed E-state index contributed by atoms with van der Waals surface area (Å²) in [5.41, 5.74) is 15.1. The number of alkyl carbamates (subject to hydrolysis) is 1. The number of carbonyl (C=O) groups is 3. The van der Waals surface area contributed by atoms with E-state index in [9.17, 15) is 14.4 Å². The summed E-state index contributed by atoms with van der Waals surface area (Å²) in [5, 5.41) is 17.7. The minimum atomic E-state index is -1.05. The summed E-state index contributed by atoms with van der Waals surface area (Å²) in [6, 6.07) is 4.84. The summed E-state index contributed by atoms with van der Waals surface area (Å²) in [6.45, 7) is 6.49. The van der Waals surface area contributed by atoms with E-state index in [2.05, 4.69) is 41.4 Å². The molecule has 0 radical (unpaired) electrons. The van der Waals surface area contributed by atoms with Gasteiger partial charge in [0.25, 0.3) is 0 Å². The molecule has 2 amide bonds. The SMILES string of the molecule is CC(C)(C)SSCC(NC(=O)OCc1ccc(N=[N+]=[N-])cc1)C(=O)NCCCCC(N)C(=O)O. The maximum Gasteiger partial charge on any atom is 0.408 e. The number of aliphatic carboxylic acids is 1. The van der Waals surface area contributed by atoms with Crippen LogP contribution in [0.5, 0.6) is 0 Å². The minimum Gasteiger partial charge on any atom is -0.480 e. The molecule has 5 N–H and O–H groups in total. The molecule has 0 saturated carbocycles. The van der Waals surface area contributed by atoms with Crippen LogP contribution >= 0.6 is 21.6 Å². The van der Waals surface area contributed by atoms with E-state index in [-0.39, 0.29) is 17.3 Å². The number of nitrogens with one attached hydrogen (secondary N) is 2. The van der Waals surface area contributed by atoms with Gasteiger partial charge in [-0.25, -0.2) is 4.79 Å². The Balaban J connectivity index is 2.56. The van der Waals surface area contributed by atoms with E-state index in [0.717, 1.165) is 0 Å². The maximum atomic E-state index is 12.7. The van der Waals surface area contributed by atoms with Crippen molar-refractivity contribution in [3.8, 4) is 0 Å². The Kier molecular flexibility index (Phi) is 13.3. The third kappa shape index (κ3) is 13.2. The van der Waals surface area contributed by atoms with Gasteiger partial charge in [-0.3, -0.25) is 9.59 Å². The van der Waals surface area contributed by atoms with Gasteiger partial charge in [-0.05, 0) is 30.4 Å². The smallest absolute Gasteiger partial charge is 0.408 e. The molecule has 0 bridgehead atoms. The molecule has 0 aliphatic carbocycles. The van der Waals surface area contributed by atoms with Crippen molar-refractivity contribution < 1.29 is 24.2 Å². The second kappa shape index (κ2) is 15.3. The first-order valence-corrected chi connectivity index (χ1v) is 13.0. The number of nitrogens with zero attached hydrogens (tertiary/aromatic N) is 3. The van der Waals surface area contributed by atoms with Crippen LogP contribution in [0.3, 0.4) is 0 Å². The molecule has 2 unspecified atom stereocenters. The van der Waals surface area contributed by atoms with Gasteiger partial charge in [-0.15, -0.1) is 0 Å². The molecule has 1 rings (SSSR count). The van der Waals surface area contributed by atoms with Gasteiger partial charge in [0.05, 0.1) is 0 Å². The highest BCUT2D eigenvalue weighted by Gasteiger charge is 2.23. The number of ether oxygens (including phenoxy) is 1. The summed E-state index contributed by atoms with van der Waals surface area (Å²) in [7, 11) is 3.07. The van der Waals surface area contributed by atoms with Crippen LogP contribution in [0.1, 0.15) is 45.6 Å². The highest BCUT2D eigenvalue weighted by Crippen LogP contribution is 2.35. The molecule has 0 aliphatic heterocycles.